The van der Waals surface area contributed by atoms with Gasteiger partial charge in [-0.1, -0.05) is 6.42 Å². The summed E-state index contributed by atoms with van der Waals surface area (Å²) < 4.78 is 3.67. The predicted octanol–water partition coefficient (Wildman–Crippen LogP) is 1.09. The molecule has 3 aromatic rings. The Morgan fingerprint density at radius 1 is 1.22 bits per heavy atom. The molecule has 1 aliphatic heterocycles. The minimum Gasteiger partial charge on any atom is -0.351 e. The molecule has 0 bridgehead atoms. The predicted molar refractivity (Wildman–Crippen MR) is 98.7 cm³/mol. The third-order valence-corrected chi connectivity index (χ3v) is 5.72. The molecule has 1 saturated heterocycles. The van der Waals surface area contributed by atoms with E-state index in [-0.39, 0.29) is 11.9 Å². The lowest BCUT2D eigenvalue weighted by Crippen LogP contribution is -2.60. The van der Waals surface area contributed by atoms with E-state index in [1.165, 1.54) is 19.3 Å². The van der Waals surface area contributed by atoms with Crippen molar-refractivity contribution in [2.24, 2.45) is 7.05 Å². The fourth-order valence-electron chi connectivity index (χ4n) is 3.64. The number of nitrogens with zero attached hydrogens (tertiary/aromatic N) is 8. The lowest BCUT2D eigenvalue weighted by molar-refractivity contribution is 0.0699. The van der Waals surface area contributed by atoms with E-state index in [0.29, 0.717) is 11.6 Å². The number of fused-ring (bicyclic) bond motifs is 1. The second kappa shape index (κ2) is 6.04. The number of likely N-dealkylation sites (N-methyl/N-ethyl adjacent to an activating group) is 1. The van der Waals surface area contributed by atoms with E-state index in [9.17, 15) is 4.79 Å². The number of carbonyl (C=O) groups is 1. The lowest BCUT2D eigenvalue weighted by atomic mass is 9.85. The molecule has 0 radical (unpaired) electrons. The number of hydrogen-bond donors (Lipinski definition) is 0. The van der Waals surface area contributed by atoms with Crippen molar-refractivity contribution in [1.29, 1.82) is 0 Å². The molecule has 2 fully saturated rings. The van der Waals surface area contributed by atoms with Crippen LogP contribution in [0.15, 0.2) is 24.7 Å². The second-order valence-electron chi connectivity index (χ2n) is 7.55. The standard InChI is InChI=1S/C18H22N8O/c1-23-10-14(19-11-23)18(27)24(2)13-8-25(9-13)16-7-6-15-20-21-17(26(15)22-16)12-4-3-5-12/h6-7,10-13H,3-5,8-9H2,1-2H3. The Labute approximate surface area is 156 Å². The monoisotopic (exact) mass is 366 g/mol. The van der Waals surface area contributed by atoms with E-state index in [0.717, 1.165) is 30.4 Å². The van der Waals surface area contributed by atoms with E-state index in [2.05, 4.69) is 20.1 Å². The third kappa shape index (κ3) is 2.65. The Morgan fingerprint density at radius 3 is 2.70 bits per heavy atom. The molecule has 2 aliphatic rings. The van der Waals surface area contributed by atoms with Gasteiger partial charge in [0.05, 0.1) is 12.4 Å². The summed E-state index contributed by atoms with van der Waals surface area (Å²) in [5.74, 6) is 2.30. The van der Waals surface area contributed by atoms with Crippen LogP contribution >= 0.6 is 0 Å². The largest absolute Gasteiger partial charge is 0.351 e. The van der Waals surface area contributed by atoms with Crippen molar-refractivity contribution < 1.29 is 4.79 Å². The SMILES string of the molecule is CN(C(=O)c1cn(C)cn1)C1CN(c2ccc3nnc(C4CCC4)n3n2)C1. The summed E-state index contributed by atoms with van der Waals surface area (Å²) in [5.41, 5.74) is 1.27. The molecule has 0 N–H and O–H groups in total. The van der Waals surface area contributed by atoms with Crippen LogP contribution in [0.1, 0.15) is 41.5 Å². The Balaban J connectivity index is 1.29. The van der Waals surface area contributed by atoms with E-state index < -0.39 is 0 Å². The Morgan fingerprint density at radius 2 is 2.04 bits per heavy atom. The first-order chi connectivity index (χ1) is 13.1. The van der Waals surface area contributed by atoms with Crippen molar-refractivity contribution >= 4 is 17.4 Å². The first-order valence-corrected chi connectivity index (χ1v) is 9.32. The maximum absolute atomic E-state index is 12.5. The van der Waals surface area contributed by atoms with Crippen molar-refractivity contribution in [2.75, 3.05) is 25.0 Å². The highest BCUT2D eigenvalue weighted by Gasteiger charge is 2.34. The highest BCUT2D eigenvalue weighted by Crippen LogP contribution is 2.35. The van der Waals surface area contributed by atoms with Crippen molar-refractivity contribution in [1.82, 2.24) is 34.3 Å². The number of hydrogen-bond acceptors (Lipinski definition) is 6. The highest BCUT2D eigenvalue weighted by molar-refractivity contribution is 5.92. The number of anilines is 1. The van der Waals surface area contributed by atoms with Crippen LogP contribution in [-0.4, -0.2) is 66.3 Å². The summed E-state index contributed by atoms with van der Waals surface area (Å²) in [6.45, 7) is 1.52. The summed E-state index contributed by atoms with van der Waals surface area (Å²) in [4.78, 5) is 20.6. The average molecular weight is 366 g/mol. The lowest BCUT2D eigenvalue weighted by Gasteiger charge is -2.44. The molecule has 0 unspecified atom stereocenters. The molecular weight excluding hydrogens is 344 g/mol. The number of amides is 1. The van der Waals surface area contributed by atoms with Crippen molar-refractivity contribution in [3.63, 3.8) is 0 Å². The van der Waals surface area contributed by atoms with Gasteiger partial charge in [-0.3, -0.25) is 4.79 Å². The van der Waals surface area contributed by atoms with Crippen LogP contribution in [0.4, 0.5) is 5.82 Å². The average Bonchev–Trinajstić information content (AvgIpc) is 3.18. The summed E-state index contributed by atoms with van der Waals surface area (Å²) >= 11 is 0. The molecule has 9 nitrogen and oxygen atoms in total. The molecule has 0 aromatic carbocycles. The van der Waals surface area contributed by atoms with Crippen LogP contribution in [0.3, 0.4) is 0 Å². The van der Waals surface area contributed by atoms with Gasteiger partial charge in [-0.25, -0.2) is 4.98 Å². The van der Waals surface area contributed by atoms with Gasteiger partial charge in [0.1, 0.15) is 11.5 Å². The van der Waals surface area contributed by atoms with E-state index in [4.69, 9.17) is 5.10 Å². The van der Waals surface area contributed by atoms with Gasteiger partial charge in [0.15, 0.2) is 11.5 Å². The van der Waals surface area contributed by atoms with E-state index in [1.807, 2.05) is 30.7 Å². The van der Waals surface area contributed by atoms with Gasteiger partial charge in [-0.05, 0) is 25.0 Å². The molecular formula is C18H22N8O. The second-order valence-corrected chi connectivity index (χ2v) is 7.55. The maximum Gasteiger partial charge on any atom is 0.274 e. The van der Waals surface area contributed by atoms with Crippen LogP contribution in [0.25, 0.3) is 5.65 Å². The highest BCUT2D eigenvalue weighted by atomic mass is 16.2. The molecule has 140 valence electrons. The van der Waals surface area contributed by atoms with Crippen LogP contribution in [0, 0.1) is 0 Å². The number of aromatic nitrogens is 6. The fourth-order valence-corrected chi connectivity index (χ4v) is 3.64. The zero-order valence-corrected chi connectivity index (χ0v) is 15.5. The molecule has 4 heterocycles. The molecule has 27 heavy (non-hydrogen) atoms. The fraction of sp³-hybridized carbons (Fsp3) is 0.500. The van der Waals surface area contributed by atoms with Gasteiger partial charge in [-0.15, -0.1) is 15.3 Å². The summed E-state index contributed by atoms with van der Waals surface area (Å²) in [5, 5.41) is 13.3. The van der Waals surface area contributed by atoms with E-state index >= 15 is 0 Å². The Hall–Kier alpha value is -2.97. The first-order valence-electron chi connectivity index (χ1n) is 9.32. The molecule has 1 amide bonds. The zero-order valence-electron chi connectivity index (χ0n) is 15.5. The van der Waals surface area contributed by atoms with Gasteiger partial charge in [0.2, 0.25) is 0 Å². The Kier molecular flexibility index (Phi) is 3.63. The number of rotatable bonds is 4. The quantitative estimate of drug-likeness (QED) is 0.687. The van der Waals surface area contributed by atoms with Crippen LogP contribution in [-0.2, 0) is 7.05 Å². The minimum atomic E-state index is -0.0465. The smallest absolute Gasteiger partial charge is 0.274 e. The topological polar surface area (TPSA) is 84.5 Å². The van der Waals surface area contributed by atoms with Crippen LogP contribution in [0.2, 0.25) is 0 Å². The molecule has 3 aromatic heterocycles. The first kappa shape index (κ1) is 16.2. The molecule has 1 saturated carbocycles. The van der Waals surface area contributed by atoms with Gasteiger partial charge >= 0.3 is 0 Å². The Bertz CT molecular complexity index is 998. The summed E-state index contributed by atoms with van der Waals surface area (Å²) in [6, 6.07) is 4.10. The van der Waals surface area contributed by atoms with E-state index in [1.54, 1.807) is 22.0 Å². The molecule has 0 spiro atoms. The normalized spacial score (nSPS) is 17.8. The van der Waals surface area contributed by atoms with Crippen molar-refractivity contribution in [3.8, 4) is 0 Å². The number of carbonyl (C=O) groups excluding carboxylic acids is 1. The van der Waals surface area contributed by atoms with Gasteiger partial charge in [0, 0.05) is 39.3 Å². The maximum atomic E-state index is 12.5. The zero-order chi connectivity index (χ0) is 18.5. The molecule has 1 aliphatic carbocycles. The van der Waals surface area contributed by atoms with Crippen LogP contribution in [0.5, 0.6) is 0 Å². The number of imidazole rings is 1. The van der Waals surface area contributed by atoms with Gasteiger partial charge < -0.3 is 14.4 Å². The van der Waals surface area contributed by atoms with Gasteiger partial charge in [-0.2, -0.15) is 4.52 Å². The third-order valence-electron chi connectivity index (χ3n) is 5.72. The molecule has 0 atom stereocenters. The minimum absolute atomic E-state index is 0.0465. The summed E-state index contributed by atoms with van der Waals surface area (Å²) in [7, 11) is 3.70. The molecule has 5 rings (SSSR count). The molecule has 9 heteroatoms. The summed E-state index contributed by atoms with van der Waals surface area (Å²) in [6.07, 6.45) is 6.98. The van der Waals surface area contributed by atoms with Crippen molar-refractivity contribution in [3.05, 3.63) is 36.2 Å². The van der Waals surface area contributed by atoms with Crippen LogP contribution < -0.4 is 4.90 Å². The number of aryl methyl sites for hydroxylation is 1. The van der Waals surface area contributed by atoms with Gasteiger partial charge in [0.25, 0.3) is 5.91 Å². The van der Waals surface area contributed by atoms with Crippen molar-refractivity contribution in [2.45, 2.75) is 31.2 Å².